The molecule has 1 aromatic carbocycles. The molecule has 0 bridgehead atoms. The number of hydrogen-bond acceptors (Lipinski definition) is 3. The number of rotatable bonds is 1. The van der Waals surface area contributed by atoms with Crippen LogP contribution in [0.2, 0.25) is 0 Å². The summed E-state index contributed by atoms with van der Waals surface area (Å²) in [5.41, 5.74) is 4.76. The molecule has 102 valence electrons. The van der Waals surface area contributed by atoms with Crippen LogP contribution in [0.1, 0.15) is 32.0 Å². The lowest BCUT2D eigenvalue weighted by Gasteiger charge is -2.18. The van der Waals surface area contributed by atoms with E-state index in [0.29, 0.717) is 11.6 Å². The summed E-state index contributed by atoms with van der Waals surface area (Å²) in [5, 5.41) is 0. The summed E-state index contributed by atoms with van der Waals surface area (Å²) >= 11 is 0. The maximum Gasteiger partial charge on any atom is 0.247 e. The van der Waals surface area contributed by atoms with Crippen molar-refractivity contribution in [3.05, 3.63) is 47.7 Å². The lowest BCUT2D eigenvalue weighted by atomic mass is 9.87. The van der Waals surface area contributed by atoms with Gasteiger partial charge in [-0.2, -0.15) is 0 Å². The fourth-order valence-electron chi connectivity index (χ4n) is 2.15. The lowest BCUT2D eigenvalue weighted by molar-refractivity contribution is 0.589. The van der Waals surface area contributed by atoms with Crippen LogP contribution in [-0.2, 0) is 5.41 Å². The molecule has 0 aliphatic rings. The molecule has 0 spiro atoms. The minimum absolute atomic E-state index is 0.151. The molecule has 2 heterocycles. The molecule has 3 heteroatoms. The van der Waals surface area contributed by atoms with Crippen molar-refractivity contribution in [1.82, 2.24) is 9.97 Å². The maximum absolute atomic E-state index is 5.74. The molecule has 0 amide bonds. The molecule has 3 aromatic rings. The molecule has 0 atom stereocenters. The van der Waals surface area contributed by atoms with E-state index in [4.69, 9.17) is 4.42 Å². The van der Waals surface area contributed by atoms with Gasteiger partial charge in [0.1, 0.15) is 5.52 Å². The molecule has 0 radical (unpaired) electrons. The third-order valence-electron chi connectivity index (χ3n) is 3.39. The zero-order valence-corrected chi connectivity index (χ0v) is 12.3. The number of benzene rings is 1. The van der Waals surface area contributed by atoms with Gasteiger partial charge in [0.2, 0.25) is 11.6 Å². The molecule has 2 aromatic heterocycles. The predicted molar refractivity (Wildman–Crippen MR) is 80.7 cm³/mol. The number of fused-ring (bicyclic) bond motifs is 1. The van der Waals surface area contributed by atoms with Gasteiger partial charge < -0.3 is 4.42 Å². The van der Waals surface area contributed by atoms with E-state index in [1.54, 1.807) is 0 Å². The smallest absolute Gasteiger partial charge is 0.247 e. The van der Waals surface area contributed by atoms with E-state index in [9.17, 15) is 0 Å². The molecule has 0 unspecified atom stereocenters. The maximum atomic E-state index is 5.74. The van der Waals surface area contributed by atoms with Gasteiger partial charge >= 0.3 is 0 Å². The highest BCUT2D eigenvalue weighted by Crippen LogP contribution is 2.27. The van der Waals surface area contributed by atoms with Crippen molar-refractivity contribution in [3.63, 3.8) is 0 Å². The summed E-state index contributed by atoms with van der Waals surface area (Å²) in [5.74, 6) is 0.624. The van der Waals surface area contributed by atoms with Crippen molar-refractivity contribution in [2.24, 2.45) is 0 Å². The van der Waals surface area contributed by atoms with Crippen LogP contribution in [0.15, 0.2) is 40.8 Å². The molecule has 0 aliphatic carbocycles. The van der Waals surface area contributed by atoms with Gasteiger partial charge in [0.25, 0.3) is 0 Å². The molecule has 0 aliphatic heterocycles. The first-order valence-corrected chi connectivity index (χ1v) is 6.78. The second-order valence-corrected chi connectivity index (χ2v) is 6.12. The van der Waals surface area contributed by atoms with Gasteiger partial charge in [-0.25, -0.2) is 9.97 Å². The normalized spacial score (nSPS) is 12.0. The van der Waals surface area contributed by atoms with Gasteiger partial charge in [0.05, 0.1) is 0 Å². The van der Waals surface area contributed by atoms with Crippen LogP contribution in [0.3, 0.4) is 0 Å². The minimum Gasteiger partial charge on any atom is -0.418 e. The highest BCUT2D eigenvalue weighted by Gasteiger charge is 2.14. The SMILES string of the molecule is Cc1ccc2nc(-c3ccc(C(C)(C)C)cc3)oc2n1. The summed E-state index contributed by atoms with van der Waals surface area (Å²) < 4.78 is 5.74. The molecule has 0 N–H and O–H groups in total. The van der Waals surface area contributed by atoms with Crippen molar-refractivity contribution in [3.8, 4) is 11.5 Å². The second-order valence-electron chi connectivity index (χ2n) is 6.12. The Hall–Kier alpha value is -2.16. The van der Waals surface area contributed by atoms with Crippen LogP contribution < -0.4 is 0 Å². The van der Waals surface area contributed by atoms with Gasteiger partial charge in [-0.05, 0) is 42.2 Å². The van der Waals surface area contributed by atoms with Crippen molar-refractivity contribution in [2.45, 2.75) is 33.1 Å². The van der Waals surface area contributed by atoms with Crippen LogP contribution >= 0.6 is 0 Å². The Balaban J connectivity index is 2.02. The Morgan fingerprint density at radius 1 is 0.900 bits per heavy atom. The van der Waals surface area contributed by atoms with E-state index in [0.717, 1.165) is 16.8 Å². The fourth-order valence-corrected chi connectivity index (χ4v) is 2.15. The van der Waals surface area contributed by atoms with Crippen LogP contribution in [0.5, 0.6) is 0 Å². The fraction of sp³-hybridized carbons (Fsp3) is 0.294. The Kier molecular flexibility index (Phi) is 2.85. The quantitative estimate of drug-likeness (QED) is 0.651. The first-order valence-electron chi connectivity index (χ1n) is 6.78. The van der Waals surface area contributed by atoms with E-state index >= 15 is 0 Å². The molecule has 3 nitrogen and oxygen atoms in total. The van der Waals surface area contributed by atoms with Crippen molar-refractivity contribution >= 4 is 11.2 Å². The Labute approximate surface area is 118 Å². The standard InChI is InChI=1S/C17H18N2O/c1-11-5-10-14-16(18-11)20-15(19-14)12-6-8-13(9-7-12)17(2,3)4/h5-10H,1-4H3. The summed E-state index contributed by atoms with van der Waals surface area (Å²) in [6.45, 7) is 8.55. The van der Waals surface area contributed by atoms with Crippen molar-refractivity contribution in [1.29, 1.82) is 0 Å². The Morgan fingerprint density at radius 3 is 2.25 bits per heavy atom. The molecular formula is C17H18N2O. The average molecular weight is 266 g/mol. The first-order chi connectivity index (χ1) is 9.43. The Morgan fingerprint density at radius 2 is 1.60 bits per heavy atom. The predicted octanol–water partition coefficient (Wildman–Crippen LogP) is 4.50. The summed E-state index contributed by atoms with van der Waals surface area (Å²) in [7, 11) is 0. The summed E-state index contributed by atoms with van der Waals surface area (Å²) in [4.78, 5) is 8.84. The molecule has 0 saturated heterocycles. The van der Waals surface area contributed by atoms with E-state index in [2.05, 4.69) is 55.0 Å². The molecule has 3 rings (SSSR count). The second kappa shape index (κ2) is 4.44. The van der Waals surface area contributed by atoms with E-state index < -0.39 is 0 Å². The Bertz CT molecular complexity index is 749. The first kappa shape index (κ1) is 12.9. The van der Waals surface area contributed by atoms with Crippen LogP contribution in [0.4, 0.5) is 0 Å². The zero-order chi connectivity index (χ0) is 14.3. The van der Waals surface area contributed by atoms with Gasteiger partial charge in [0, 0.05) is 11.3 Å². The van der Waals surface area contributed by atoms with Gasteiger partial charge in [0.15, 0.2) is 0 Å². The van der Waals surface area contributed by atoms with Crippen molar-refractivity contribution in [2.75, 3.05) is 0 Å². The molecular weight excluding hydrogens is 248 g/mol. The van der Waals surface area contributed by atoms with Crippen LogP contribution in [-0.4, -0.2) is 9.97 Å². The minimum atomic E-state index is 0.151. The van der Waals surface area contributed by atoms with E-state index in [-0.39, 0.29) is 5.41 Å². The van der Waals surface area contributed by atoms with Gasteiger partial charge in [-0.1, -0.05) is 32.9 Å². The highest BCUT2D eigenvalue weighted by molar-refractivity contribution is 5.72. The topological polar surface area (TPSA) is 38.9 Å². The van der Waals surface area contributed by atoms with Crippen molar-refractivity contribution < 1.29 is 4.42 Å². The largest absolute Gasteiger partial charge is 0.418 e. The third kappa shape index (κ3) is 2.31. The third-order valence-corrected chi connectivity index (χ3v) is 3.39. The molecule has 0 saturated carbocycles. The highest BCUT2D eigenvalue weighted by atomic mass is 16.4. The number of nitrogens with zero attached hydrogens (tertiary/aromatic N) is 2. The molecule has 0 fully saturated rings. The van der Waals surface area contributed by atoms with Crippen LogP contribution in [0.25, 0.3) is 22.7 Å². The zero-order valence-electron chi connectivity index (χ0n) is 12.3. The number of aryl methyl sites for hydroxylation is 1. The molecule has 20 heavy (non-hydrogen) atoms. The monoisotopic (exact) mass is 266 g/mol. The van der Waals surface area contributed by atoms with Gasteiger partial charge in [-0.15, -0.1) is 0 Å². The van der Waals surface area contributed by atoms with E-state index in [1.165, 1.54) is 5.56 Å². The number of oxazole rings is 1. The number of pyridine rings is 1. The summed E-state index contributed by atoms with van der Waals surface area (Å²) in [6.07, 6.45) is 0. The lowest BCUT2D eigenvalue weighted by Crippen LogP contribution is -2.10. The number of aromatic nitrogens is 2. The van der Waals surface area contributed by atoms with Gasteiger partial charge in [-0.3, -0.25) is 0 Å². The average Bonchev–Trinajstić information content (AvgIpc) is 2.80. The summed E-state index contributed by atoms with van der Waals surface area (Å²) in [6, 6.07) is 12.2. The number of hydrogen-bond donors (Lipinski definition) is 0. The van der Waals surface area contributed by atoms with Crippen LogP contribution in [0, 0.1) is 6.92 Å². The van der Waals surface area contributed by atoms with E-state index in [1.807, 2.05) is 19.1 Å².